The van der Waals surface area contributed by atoms with Crippen LogP contribution in [0.3, 0.4) is 0 Å². The Kier molecular flexibility index (Phi) is 9.19. The van der Waals surface area contributed by atoms with Crippen molar-refractivity contribution < 1.29 is 4.74 Å². The minimum atomic E-state index is -0.874. The van der Waals surface area contributed by atoms with Crippen molar-refractivity contribution in [2.24, 2.45) is 22.2 Å². The van der Waals surface area contributed by atoms with Crippen molar-refractivity contribution >= 4 is 17.3 Å². The molecule has 0 aliphatic rings. The average molecular weight is 400 g/mol. The van der Waals surface area contributed by atoms with Crippen LogP contribution in [0.25, 0.3) is 0 Å². The van der Waals surface area contributed by atoms with Gasteiger partial charge in [0.2, 0.25) is 0 Å². The minimum Gasteiger partial charge on any atom is -0.500 e. The molecule has 1 rings (SSSR count). The summed E-state index contributed by atoms with van der Waals surface area (Å²) in [5, 5.41) is 10.0. The fourth-order valence-corrected chi connectivity index (χ4v) is 2.56. The Labute approximate surface area is 171 Å². The van der Waals surface area contributed by atoms with Crippen LogP contribution in [0.5, 0.6) is 0 Å². The van der Waals surface area contributed by atoms with Crippen LogP contribution in [0.4, 0.5) is 0 Å². The molecule has 0 fully saturated rings. The highest BCUT2D eigenvalue weighted by Crippen LogP contribution is 2.24. The predicted octanol–water partition coefficient (Wildman–Crippen LogP) is 3.51. The Morgan fingerprint density at radius 2 is 1.93 bits per heavy atom. The number of benzene rings is 1. The van der Waals surface area contributed by atoms with E-state index in [1.54, 1.807) is 26.0 Å². The van der Waals surface area contributed by atoms with Gasteiger partial charge >= 0.3 is 0 Å². The van der Waals surface area contributed by atoms with E-state index in [0.29, 0.717) is 44.6 Å². The molecule has 0 radical (unpaired) electrons. The lowest BCUT2D eigenvalue weighted by molar-refractivity contribution is 0.291. The van der Waals surface area contributed by atoms with Gasteiger partial charge in [0.05, 0.1) is 30.3 Å². The first kappa shape index (κ1) is 23.2. The molecule has 0 aromatic heterocycles. The first-order chi connectivity index (χ1) is 13.3. The summed E-state index contributed by atoms with van der Waals surface area (Å²) in [6.45, 7) is 5.24. The first-order valence-electron chi connectivity index (χ1n) is 8.57. The monoisotopic (exact) mass is 399 g/mol. The second-order valence-corrected chi connectivity index (χ2v) is 6.33. The molecule has 0 aliphatic heterocycles. The maximum absolute atomic E-state index is 9.52. The molecule has 0 saturated heterocycles. The highest BCUT2D eigenvalue weighted by Gasteiger charge is 2.16. The van der Waals surface area contributed by atoms with Gasteiger partial charge in [-0.1, -0.05) is 42.0 Å². The van der Waals surface area contributed by atoms with Crippen molar-refractivity contribution in [1.82, 2.24) is 0 Å². The Hall–Kier alpha value is -2.85. The van der Waals surface area contributed by atoms with Gasteiger partial charge in [0.1, 0.15) is 11.8 Å². The van der Waals surface area contributed by atoms with E-state index in [-0.39, 0.29) is 0 Å². The lowest BCUT2D eigenvalue weighted by Crippen LogP contribution is -2.34. The molecule has 0 atom stereocenters. The average Bonchev–Trinajstić information content (AvgIpc) is 2.65. The van der Waals surface area contributed by atoms with Crippen molar-refractivity contribution in [2.75, 3.05) is 7.11 Å². The third kappa shape index (κ3) is 6.10. The molecule has 1 aromatic carbocycles. The summed E-state index contributed by atoms with van der Waals surface area (Å²) < 4.78 is 5.20. The SMILES string of the molecule is C\C=C/C(=C\C(C#N)=C(/C)OC)C(=N\C(=C(/C)N)C(N)N)/c1ccccc1Cl. The number of nitriles is 1. The van der Waals surface area contributed by atoms with Crippen molar-refractivity contribution in [2.45, 2.75) is 26.9 Å². The number of rotatable bonds is 7. The van der Waals surface area contributed by atoms with Gasteiger partial charge < -0.3 is 21.9 Å². The third-order valence-corrected chi connectivity index (χ3v) is 4.14. The van der Waals surface area contributed by atoms with Gasteiger partial charge in [-0.3, -0.25) is 0 Å². The van der Waals surface area contributed by atoms with Crippen LogP contribution >= 0.6 is 11.6 Å². The standard InChI is InChI=1S/C21H26ClN5O/c1-5-8-15(11-16(12-23)14(3)28-4)20(17-9-6-7-10-18(17)22)27-19(13(2)24)21(25)26/h5-11,21H,24-26H2,1-4H3/b8-5-,15-11+,16-14-,19-13+,27-20+. The Morgan fingerprint density at radius 1 is 1.29 bits per heavy atom. The fraction of sp³-hybridized carbons (Fsp3) is 0.238. The van der Waals surface area contributed by atoms with E-state index in [0.717, 1.165) is 0 Å². The smallest absolute Gasteiger partial charge is 0.110 e. The lowest BCUT2D eigenvalue weighted by atomic mass is 9.98. The number of nitrogens with two attached hydrogens (primary N) is 3. The zero-order chi connectivity index (χ0) is 21.3. The normalized spacial score (nSPS) is 14.7. The van der Waals surface area contributed by atoms with Gasteiger partial charge in [0.15, 0.2) is 0 Å². The van der Waals surface area contributed by atoms with Crippen LogP contribution in [0.2, 0.25) is 5.02 Å². The number of nitrogens with zero attached hydrogens (tertiary/aromatic N) is 2. The number of hydrogen-bond acceptors (Lipinski definition) is 6. The summed E-state index contributed by atoms with van der Waals surface area (Å²) in [5.74, 6) is 0.476. The van der Waals surface area contributed by atoms with E-state index in [2.05, 4.69) is 11.1 Å². The summed E-state index contributed by atoms with van der Waals surface area (Å²) in [4.78, 5) is 4.64. The topological polar surface area (TPSA) is 123 Å². The molecule has 0 aliphatic carbocycles. The van der Waals surface area contributed by atoms with E-state index in [1.807, 2.05) is 37.3 Å². The molecule has 1 aromatic rings. The Morgan fingerprint density at radius 3 is 2.39 bits per heavy atom. The molecule has 6 nitrogen and oxygen atoms in total. The van der Waals surface area contributed by atoms with Crippen molar-refractivity contribution in [3.05, 3.63) is 81.4 Å². The first-order valence-corrected chi connectivity index (χ1v) is 8.95. The molecule has 0 heterocycles. The number of halogens is 1. The molecule has 0 bridgehead atoms. The van der Waals surface area contributed by atoms with E-state index in [9.17, 15) is 5.26 Å². The quantitative estimate of drug-likeness (QED) is 0.213. The zero-order valence-electron chi connectivity index (χ0n) is 16.5. The van der Waals surface area contributed by atoms with Gasteiger partial charge in [-0.25, -0.2) is 4.99 Å². The summed E-state index contributed by atoms with van der Waals surface area (Å²) in [6.07, 6.45) is 4.44. The van der Waals surface area contributed by atoms with E-state index in [4.69, 9.17) is 33.5 Å². The van der Waals surface area contributed by atoms with Crippen LogP contribution in [0, 0.1) is 11.3 Å². The molecule has 0 saturated carbocycles. The molecule has 7 heteroatoms. The highest BCUT2D eigenvalue weighted by atomic mass is 35.5. The molecule has 28 heavy (non-hydrogen) atoms. The number of aliphatic imine (C=N–C) groups is 1. The summed E-state index contributed by atoms with van der Waals surface area (Å²) >= 11 is 6.42. The molecule has 0 spiro atoms. The van der Waals surface area contributed by atoms with E-state index in [1.165, 1.54) is 7.11 Å². The zero-order valence-corrected chi connectivity index (χ0v) is 17.3. The van der Waals surface area contributed by atoms with Gasteiger partial charge in [0.25, 0.3) is 0 Å². The van der Waals surface area contributed by atoms with Crippen LogP contribution in [-0.4, -0.2) is 19.0 Å². The number of allylic oxidation sites excluding steroid dienone is 7. The van der Waals surface area contributed by atoms with E-state index >= 15 is 0 Å². The Balaban J connectivity index is 3.91. The summed E-state index contributed by atoms with van der Waals surface area (Å²) in [5.41, 5.74) is 20.5. The molecule has 148 valence electrons. The minimum absolute atomic E-state index is 0.330. The van der Waals surface area contributed by atoms with Crippen LogP contribution < -0.4 is 17.2 Å². The second kappa shape index (κ2) is 11.1. The molecule has 6 N–H and O–H groups in total. The number of methoxy groups -OCH3 is 1. The second-order valence-electron chi connectivity index (χ2n) is 5.92. The largest absolute Gasteiger partial charge is 0.500 e. The van der Waals surface area contributed by atoms with Gasteiger partial charge in [-0.05, 0) is 32.9 Å². The van der Waals surface area contributed by atoms with E-state index < -0.39 is 6.17 Å². The van der Waals surface area contributed by atoms with Gasteiger partial charge in [0, 0.05) is 21.9 Å². The third-order valence-electron chi connectivity index (χ3n) is 3.81. The van der Waals surface area contributed by atoms with Gasteiger partial charge in [-0.15, -0.1) is 0 Å². The molecular weight excluding hydrogens is 374 g/mol. The van der Waals surface area contributed by atoms with Crippen LogP contribution in [-0.2, 0) is 4.74 Å². The number of hydrogen-bond donors (Lipinski definition) is 3. The Bertz CT molecular complexity index is 898. The molecule has 0 unspecified atom stereocenters. The highest BCUT2D eigenvalue weighted by molar-refractivity contribution is 6.35. The van der Waals surface area contributed by atoms with Crippen LogP contribution in [0.15, 0.2) is 75.8 Å². The maximum Gasteiger partial charge on any atom is 0.110 e. The predicted molar refractivity (Wildman–Crippen MR) is 115 cm³/mol. The summed E-state index contributed by atoms with van der Waals surface area (Å²) in [6, 6.07) is 9.36. The van der Waals surface area contributed by atoms with Crippen molar-refractivity contribution in [3.63, 3.8) is 0 Å². The van der Waals surface area contributed by atoms with Crippen LogP contribution in [0.1, 0.15) is 26.3 Å². The van der Waals surface area contributed by atoms with Crippen molar-refractivity contribution in [1.29, 1.82) is 5.26 Å². The lowest BCUT2D eigenvalue weighted by Gasteiger charge is -2.15. The maximum atomic E-state index is 9.52. The fourth-order valence-electron chi connectivity index (χ4n) is 2.33. The van der Waals surface area contributed by atoms with Crippen molar-refractivity contribution in [3.8, 4) is 6.07 Å². The molecule has 0 amide bonds. The van der Waals surface area contributed by atoms with Gasteiger partial charge in [-0.2, -0.15) is 5.26 Å². The number of ether oxygens (including phenoxy) is 1. The summed E-state index contributed by atoms with van der Waals surface area (Å²) in [7, 11) is 1.50. The molecular formula is C21H26ClN5O.